The number of benzene rings is 1. The van der Waals surface area contributed by atoms with Gasteiger partial charge in [-0.05, 0) is 49.9 Å². The van der Waals surface area contributed by atoms with Crippen molar-refractivity contribution in [3.63, 3.8) is 0 Å². The normalized spacial score (nSPS) is 21.1. The predicted octanol–water partition coefficient (Wildman–Crippen LogP) is 2.27. The van der Waals surface area contributed by atoms with Crippen molar-refractivity contribution in [3.8, 4) is 0 Å². The molecule has 1 aliphatic rings. The Labute approximate surface area is 125 Å². The highest BCUT2D eigenvalue weighted by atomic mass is 16.2. The second-order valence-electron chi connectivity index (χ2n) is 5.73. The van der Waals surface area contributed by atoms with E-state index in [0.29, 0.717) is 12.2 Å². The first kappa shape index (κ1) is 15.5. The molecule has 5 nitrogen and oxygen atoms in total. The van der Waals surface area contributed by atoms with Crippen molar-refractivity contribution >= 4 is 23.2 Å². The van der Waals surface area contributed by atoms with E-state index in [9.17, 15) is 9.59 Å². The lowest BCUT2D eigenvalue weighted by atomic mass is 9.95. The van der Waals surface area contributed by atoms with Crippen molar-refractivity contribution in [2.75, 3.05) is 17.2 Å². The Morgan fingerprint density at radius 1 is 1.29 bits per heavy atom. The summed E-state index contributed by atoms with van der Waals surface area (Å²) in [5.41, 5.74) is 8.14. The Morgan fingerprint density at radius 2 is 2.05 bits per heavy atom. The van der Waals surface area contributed by atoms with Gasteiger partial charge in [0, 0.05) is 24.2 Å². The number of rotatable bonds is 4. The largest absolute Gasteiger partial charge is 0.330 e. The smallest absolute Gasteiger partial charge is 0.227 e. The van der Waals surface area contributed by atoms with Gasteiger partial charge in [-0.15, -0.1) is 0 Å². The highest BCUT2D eigenvalue weighted by Gasteiger charge is 2.32. The van der Waals surface area contributed by atoms with Gasteiger partial charge in [0.15, 0.2) is 0 Å². The molecule has 0 bridgehead atoms. The van der Waals surface area contributed by atoms with Gasteiger partial charge in [-0.2, -0.15) is 0 Å². The van der Waals surface area contributed by atoms with Crippen molar-refractivity contribution in [3.05, 3.63) is 23.8 Å². The van der Waals surface area contributed by atoms with Crippen LogP contribution in [0.1, 0.15) is 31.7 Å². The zero-order valence-electron chi connectivity index (χ0n) is 12.6. The molecule has 1 saturated carbocycles. The summed E-state index contributed by atoms with van der Waals surface area (Å²) in [5.74, 6) is 0.184. The molecular weight excluding hydrogens is 266 g/mol. The topological polar surface area (TPSA) is 84.2 Å². The van der Waals surface area contributed by atoms with E-state index in [-0.39, 0.29) is 23.7 Å². The Balaban J connectivity index is 2.11. The van der Waals surface area contributed by atoms with Gasteiger partial charge in [0.1, 0.15) is 0 Å². The van der Waals surface area contributed by atoms with E-state index in [4.69, 9.17) is 5.73 Å². The summed E-state index contributed by atoms with van der Waals surface area (Å²) in [6.45, 7) is 3.95. The number of aryl methyl sites for hydroxylation is 1. The van der Waals surface area contributed by atoms with Crippen LogP contribution in [0.4, 0.5) is 11.4 Å². The molecule has 1 fully saturated rings. The summed E-state index contributed by atoms with van der Waals surface area (Å²) >= 11 is 0. The second kappa shape index (κ2) is 6.72. The van der Waals surface area contributed by atoms with Gasteiger partial charge in [-0.25, -0.2) is 0 Å². The molecule has 21 heavy (non-hydrogen) atoms. The molecule has 2 amide bonds. The van der Waals surface area contributed by atoms with Gasteiger partial charge in [0.25, 0.3) is 0 Å². The molecule has 2 unspecified atom stereocenters. The number of amides is 2. The molecule has 2 atom stereocenters. The fourth-order valence-corrected chi connectivity index (χ4v) is 2.93. The molecule has 5 heteroatoms. The number of hydrogen-bond acceptors (Lipinski definition) is 3. The van der Waals surface area contributed by atoms with Crippen LogP contribution in [-0.4, -0.2) is 18.4 Å². The predicted molar refractivity (Wildman–Crippen MR) is 84.0 cm³/mol. The molecule has 0 heterocycles. The van der Waals surface area contributed by atoms with Gasteiger partial charge in [-0.1, -0.05) is 12.5 Å². The minimum Gasteiger partial charge on any atom is -0.330 e. The maximum atomic E-state index is 12.4. The van der Waals surface area contributed by atoms with Crippen LogP contribution in [0.5, 0.6) is 0 Å². The Bertz CT molecular complexity index is 542. The third-order valence-electron chi connectivity index (χ3n) is 4.11. The van der Waals surface area contributed by atoms with E-state index in [1.54, 1.807) is 6.07 Å². The number of nitrogens with one attached hydrogen (secondary N) is 2. The van der Waals surface area contributed by atoms with Gasteiger partial charge in [-0.3, -0.25) is 9.59 Å². The van der Waals surface area contributed by atoms with Crippen molar-refractivity contribution < 1.29 is 9.59 Å². The minimum atomic E-state index is -0.130. The monoisotopic (exact) mass is 289 g/mol. The Hall–Kier alpha value is -1.88. The molecule has 4 N–H and O–H groups in total. The van der Waals surface area contributed by atoms with E-state index < -0.39 is 0 Å². The number of hydrogen-bond donors (Lipinski definition) is 3. The third kappa shape index (κ3) is 3.82. The van der Waals surface area contributed by atoms with Crippen molar-refractivity contribution in [1.29, 1.82) is 0 Å². The van der Waals surface area contributed by atoms with Crippen LogP contribution in [-0.2, 0) is 9.59 Å². The number of nitrogens with two attached hydrogens (primary N) is 1. The quantitative estimate of drug-likeness (QED) is 0.795. The van der Waals surface area contributed by atoms with E-state index in [1.807, 2.05) is 19.1 Å². The lowest BCUT2D eigenvalue weighted by molar-refractivity contribution is -0.120. The second-order valence-corrected chi connectivity index (χ2v) is 5.73. The van der Waals surface area contributed by atoms with Gasteiger partial charge in [0.05, 0.1) is 0 Å². The summed E-state index contributed by atoms with van der Waals surface area (Å²) in [4.78, 5) is 23.5. The molecule has 0 saturated heterocycles. The molecule has 0 radical (unpaired) electrons. The highest BCUT2D eigenvalue weighted by molar-refractivity contribution is 5.95. The number of carbonyl (C=O) groups is 2. The van der Waals surface area contributed by atoms with Crippen LogP contribution in [0.25, 0.3) is 0 Å². The lowest BCUT2D eigenvalue weighted by Crippen LogP contribution is -2.30. The van der Waals surface area contributed by atoms with E-state index >= 15 is 0 Å². The fourth-order valence-electron chi connectivity index (χ4n) is 2.93. The van der Waals surface area contributed by atoms with Crippen LogP contribution in [0.2, 0.25) is 0 Å². The average molecular weight is 289 g/mol. The maximum Gasteiger partial charge on any atom is 0.227 e. The Kier molecular flexibility index (Phi) is 4.96. The lowest BCUT2D eigenvalue weighted by Gasteiger charge is -2.18. The summed E-state index contributed by atoms with van der Waals surface area (Å²) in [6.07, 6.45) is 2.99. The van der Waals surface area contributed by atoms with E-state index in [2.05, 4.69) is 10.6 Å². The highest BCUT2D eigenvalue weighted by Crippen LogP contribution is 2.32. The molecular formula is C16H23N3O2. The van der Waals surface area contributed by atoms with Gasteiger partial charge in [0.2, 0.25) is 11.8 Å². The first-order valence-electron chi connectivity index (χ1n) is 7.40. The number of anilines is 2. The summed E-state index contributed by atoms with van der Waals surface area (Å²) in [6, 6.07) is 5.50. The maximum absolute atomic E-state index is 12.4. The van der Waals surface area contributed by atoms with Gasteiger partial charge < -0.3 is 16.4 Å². The minimum absolute atomic E-state index is 0.00109. The standard InChI is InChI=1S/C16H23N3O2/c1-10-6-7-13(18-11(2)20)8-15(10)19-16(21)14-5-3-4-12(14)9-17/h6-8,12,14H,3-5,9,17H2,1-2H3,(H,18,20)(H,19,21). The van der Waals surface area contributed by atoms with E-state index in [1.165, 1.54) is 6.92 Å². The SMILES string of the molecule is CC(=O)Nc1ccc(C)c(NC(=O)C2CCCC2CN)c1. The van der Waals surface area contributed by atoms with Crippen LogP contribution in [0.15, 0.2) is 18.2 Å². The number of carbonyl (C=O) groups excluding carboxylic acids is 2. The van der Waals surface area contributed by atoms with Crippen LogP contribution >= 0.6 is 0 Å². The van der Waals surface area contributed by atoms with Crippen LogP contribution in [0.3, 0.4) is 0 Å². The molecule has 2 rings (SSSR count). The first-order valence-corrected chi connectivity index (χ1v) is 7.40. The average Bonchev–Trinajstić information content (AvgIpc) is 2.90. The van der Waals surface area contributed by atoms with Crippen molar-refractivity contribution in [2.45, 2.75) is 33.1 Å². The zero-order valence-corrected chi connectivity index (χ0v) is 12.6. The van der Waals surface area contributed by atoms with Crippen LogP contribution < -0.4 is 16.4 Å². The van der Waals surface area contributed by atoms with Gasteiger partial charge >= 0.3 is 0 Å². The summed E-state index contributed by atoms with van der Waals surface area (Å²) in [7, 11) is 0. The molecule has 1 aromatic rings. The molecule has 0 spiro atoms. The first-order chi connectivity index (χ1) is 10.0. The summed E-state index contributed by atoms with van der Waals surface area (Å²) < 4.78 is 0. The third-order valence-corrected chi connectivity index (χ3v) is 4.11. The van der Waals surface area contributed by atoms with Crippen molar-refractivity contribution in [2.24, 2.45) is 17.6 Å². The Morgan fingerprint density at radius 3 is 2.71 bits per heavy atom. The van der Waals surface area contributed by atoms with E-state index in [0.717, 1.165) is 30.5 Å². The molecule has 1 aromatic carbocycles. The zero-order chi connectivity index (χ0) is 15.4. The van der Waals surface area contributed by atoms with Crippen LogP contribution in [0, 0.1) is 18.8 Å². The van der Waals surface area contributed by atoms with Crippen molar-refractivity contribution in [1.82, 2.24) is 0 Å². The summed E-state index contributed by atoms with van der Waals surface area (Å²) in [5, 5.41) is 5.71. The molecule has 114 valence electrons. The molecule has 1 aliphatic carbocycles. The fraction of sp³-hybridized carbons (Fsp3) is 0.500. The molecule has 0 aromatic heterocycles. The molecule has 0 aliphatic heterocycles.